The molecule has 2 aliphatic heterocycles. The summed E-state index contributed by atoms with van der Waals surface area (Å²) in [4.78, 5) is 31.5. The van der Waals surface area contributed by atoms with E-state index in [0.717, 1.165) is 16.8 Å². The fourth-order valence-corrected chi connectivity index (χ4v) is 5.42. The van der Waals surface area contributed by atoms with Crippen LogP contribution in [0.5, 0.6) is 5.75 Å². The molecule has 0 unspecified atom stereocenters. The molecule has 154 valence electrons. The van der Waals surface area contributed by atoms with Crippen molar-refractivity contribution in [3.8, 4) is 5.75 Å². The van der Waals surface area contributed by atoms with Gasteiger partial charge in [-0.15, -0.1) is 0 Å². The summed E-state index contributed by atoms with van der Waals surface area (Å²) in [6.45, 7) is 3.66. The van der Waals surface area contributed by atoms with Gasteiger partial charge in [0.25, 0.3) is 5.56 Å². The molecule has 2 aliphatic rings. The molecule has 3 aromatic rings. The van der Waals surface area contributed by atoms with Gasteiger partial charge in [-0.05, 0) is 26.0 Å². The minimum Gasteiger partial charge on any atom is -0.469 e. The molecule has 5 rings (SSSR count). The Balaban J connectivity index is 1.81. The number of hydrogen-bond donors (Lipinski definition) is 0. The normalized spacial score (nSPS) is 24.5. The number of ether oxygens (including phenoxy) is 2. The summed E-state index contributed by atoms with van der Waals surface area (Å²) in [6.07, 6.45) is 3.69. The van der Waals surface area contributed by atoms with Gasteiger partial charge in [-0.3, -0.25) is 18.8 Å². The summed E-state index contributed by atoms with van der Waals surface area (Å²) in [5, 5.41) is 4.34. The number of nitrogens with zero attached hydrogens (tertiary/aromatic N) is 4. The van der Waals surface area contributed by atoms with E-state index in [-0.39, 0.29) is 5.56 Å². The Kier molecular flexibility index (Phi) is 4.01. The number of carbonyl (C=O) groups excluding carboxylic acids is 1. The van der Waals surface area contributed by atoms with E-state index in [1.807, 2.05) is 50.5 Å². The molecule has 4 heterocycles. The standard InChI is InChI=1S/C21H20N4O4S/c1-11-12(10-24(3)23-11)9-15-18(26)25-17-13-7-5-6-8-14(13)29-21(2,22-20(25)30-15)16(17)19(27)28-4/h5-10,16-17H,1-4H3/b15-9+/t16-,17-,21+/m0/s1. The minimum absolute atomic E-state index is 0.195. The lowest BCUT2D eigenvalue weighted by molar-refractivity contribution is -0.158. The van der Waals surface area contributed by atoms with Gasteiger partial charge in [0.15, 0.2) is 4.80 Å². The van der Waals surface area contributed by atoms with Crippen LogP contribution >= 0.6 is 11.3 Å². The highest BCUT2D eigenvalue weighted by molar-refractivity contribution is 7.07. The maximum atomic E-state index is 13.5. The molecule has 0 fully saturated rings. The lowest BCUT2D eigenvalue weighted by Crippen LogP contribution is -2.58. The van der Waals surface area contributed by atoms with Crippen LogP contribution in [0.25, 0.3) is 6.08 Å². The molecule has 8 nitrogen and oxygen atoms in total. The van der Waals surface area contributed by atoms with E-state index >= 15 is 0 Å². The highest BCUT2D eigenvalue weighted by Crippen LogP contribution is 2.47. The number of carbonyl (C=O) groups is 1. The number of benzene rings is 1. The van der Waals surface area contributed by atoms with Crippen LogP contribution in [0.1, 0.15) is 29.8 Å². The van der Waals surface area contributed by atoms with Crippen molar-refractivity contribution < 1.29 is 14.3 Å². The van der Waals surface area contributed by atoms with Gasteiger partial charge in [-0.25, -0.2) is 4.99 Å². The molecular formula is C21H20N4O4S. The second-order valence-corrected chi connectivity index (χ2v) is 8.67. The first-order chi connectivity index (χ1) is 14.3. The molecule has 1 aromatic carbocycles. The molecule has 30 heavy (non-hydrogen) atoms. The van der Waals surface area contributed by atoms with Crippen molar-refractivity contribution in [1.29, 1.82) is 0 Å². The molecule has 9 heteroatoms. The molecule has 0 saturated heterocycles. The third-order valence-electron chi connectivity index (χ3n) is 5.67. The average Bonchev–Trinajstić information content (AvgIpc) is 3.17. The molecule has 0 radical (unpaired) electrons. The van der Waals surface area contributed by atoms with Crippen LogP contribution in [0.2, 0.25) is 0 Å². The van der Waals surface area contributed by atoms with E-state index < -0.39 is 23.7 Å². The molecule has 2 bridgehead atoms. The SMILES string of the molecule is COC(=O)[C@@H]1[C@@H]2c3ccccc3O[C@@]1(C)N=c1s/c(=C/c3cn(C)nc3C)c(=O)n12. The summed E-state index contributed by atoms with van der Waals surface area (Å²) in [6, 6.07) is 6.88. The topological polar surface area (TPSA) is 87.7 Å². The molecule has 0 spiro atoms. The van der Waals surface area contributed by atoms with Gasteiger partial charge < -0.3 is 9.47 Å². The number of aryl methyl sites for hydroxylation is 2. The maximum absolute atomic E-state index is 13.5. The highest BCUT2D eigenvalue weighted by atomic mass is 32.1. The fraction of sp³-hybridized carbons (Fsp3) is 0.333. The van der Waals surface area contributed by atoms with Gasteiger partial charge in [0.2, 0.25) is 5.72 Å². The van der Waals surface area contributed by atoms with Crippen molar-refractivity contribution in [3.63, 3.8) is 0 Å². The van der Waals surface area contributed by atoms with Crippen LogP contribution in [0, 0.1) is 12.8 Å². The van der Waals surface area contributed by atoms with E-state index in [4.69, 9.17) is 14.5 Å². The first-order valence-corrected chi connectivity index (χ1v) is 10.3. The molecule has 3 atom stereocenters. The Morgan fingerprint density at radius 2 is 2.13 bits per heavy atom. The van der Waals surface area contributed by atoms with Crippen LogP contribution in [0.4, 0.5) is 0 Å². The molecule has 0 aliphatic carbocycles. The van der Waals surface area contributed by atoms with E-state index in [0.29, 0.717) is 15.1 Å². The number of hydrogen-bond acceptors (Lipinski definition) is 7. The zero-order valence-corrected chi connectivity index (χ0v) is 17.8. The van der Waals surface area contributed by atoms with Crippen LogP contribution in [0.15, 0.2) is 40.2 Å². The van der Waals surface area contributed by atoms with Crippen LogP contribution in [-0.4, -0.2) is 33.2 Å². The average molecular weight is 424 g/mol. The van der Waals surface area contributed by atoms with Gasteiger partial charge in [0, 0.05) is 24.4 Å². The first-order valence-electron chi connectivity index (χ1n) is 9.51. The van der Waals surface area contributed by atoms with Crippen LogP contribution in [0.3, 0.4) is 0 Å². The molecular weight excluding hydrogens is 404 g/mol. The van der Waals surface area contributed by atoms with E-state index in [1.165, 1.54) is 18.4 Å². The van der Waals surface area contributed by atoms with E-state index in [9.17, 15) is 9.59 Å². The number of para-hydroxylation sites is 1. The summed E-state index contributed by atoms with van der Waals surface area (Å²) >= 11 is 1.29. The van der Waals surface area contributed by atoms with Crippen molar-refractivity contribution in [2.45, 2.75) is 25.6 Å². The summed E-state index contributed by atoms with van der Waals surface area (Å²) < 4.78 is 15.1. The summed E-state index contributed by atoms with van der Waals surface area (Å²) in [7, 11) is 3.18. The molecule has 0 amide bonds. The Morgan fingerprint density at radius 3 is 2.83 bits per heavy atom. The van der Waals surface area contributed by atoms with Gasteiger partial charge >= 0.3 is 5.97 Å². The Bertz CT molecular complexity index is 1370. The smallest absolute Gasteiger partial charge is 0.317 e. The van der Waals surface area contributed by atoms with E-state index in [2.05, 4.69) is 5.10 Å². The van der Waals surface area contributed by atoms with Crippen molar-refractivity contribution in [3.05, 3.63) is 67.0 Å². The monoisotopic (exact) mass is 424 g/mol. The fourth-order valence-electron chi connectivity index (χ4n) is 4.33. The Labute approximate surface area is 175 Å². The Morgan fingerprint density at radius 1 is 1.37 bits per heavy atom. The number of rotatable bonds is 2. The minimum atomic E-state index is -1.16. The van der Waals surface area contributed by atoms with Gasteiger partial charge in [0.05, 0.1) is 23.4 Å². The van der Waals surface area contributed by atoms with Crippen molar-refractivity contribution >= 4 is 23.4 Å². The van der Waals surface area contributed by atoms with Crippen LogP contribution in [-0.2, 0) is 16.6 Å². The second-order valence-electron chi connectivity index (χ2n) is 7.66. The third-order valence-corrected chi connectivity index (χ3v) is 6.66. The summed E-state index contributed by atoms with van der Waals surface area (Å²) in [5.74, 6) is -0.616. The number of methoxy groups -OCH3 is 1. The lowest BCUT2D eigenvalue weighted by Gasteiger charge is -2.44. The van der Waals surface area contributed by atoms with E-state index in [1.54, 1.807) is 16.2 Å². The third kappa shape index (κ3) is 2.58. The number of esters is 1. The quantitative estimate of drug-likeness (QED) is 0.571. The Hall–Kier alpha value is -3.20. The number of thiazole rings is 1. The highest BCUT2D eigenvalue weighted by Gasteiger charge is 2.55. The van der Waals surface area contributed by atoms with Gasteiger partial charge in [0.1, 0.15) is 11.7 Å². The molecule has 2 aromatic heterocycles. The predicted octanol–water partition coefficient (Wildman–Crippen LogP) is 0.901. The molecule has 0 saturated carbocycles. The lowest BCUT2D eigenvalue weighted by atomic mass is 9.81. The van der Waals surface area contributed by atoms with Gasteiger partial charge in [-0.1, -0.05) is 29.5 Å². The zero-order chi connectivity index (χ0) is 21.2. The maximum Gasteiger partial charge on any atom is 0.317 e. The van der Waals surface area contributed by atoms with Crippen molar-refractivity contribution in [1.82, 2.24) is 14.3 Å². The predicted molar refractivity (Wildman–Crippen MR) is 110 cm³/mol. The van der Waals surface area contributed by atoms with Crippen molar-refractivity contribution in [2.75, 3.05) is 7.11 Å². The first kappa shape index (κ1) is 18.8. The molecule has 0 N–H and O–H groups in total. The summed E-state index contributed by atoms with van der Waals surface area (Å²) in [5.41, 5.74) is 1.11. The number of fused-ring (bicyclic) bond motifs is 6. The van der Waals surface area contributed by atoms with Gasteiger partial charge in [-0.2, -0.15) is 5.10 Å². The number of aromatic nitrogens is 3. The second kappa shape index (κ2) is 6.40. The zero-order valence-electron chi connectivity index (χ0n) is 16.9. The largest absolute Gasteiger partial charge is 0.469 e. The van der Waals surface area contributed by atoms with Crippen molar-refractivity contribution in [2.24, 2.45) is 18.0 Å². The van der Waals surface area contributed by atoms with Crippen LogP contribution < -0.4 is 19.6 Å².